The number of nitrogens with zero attached hydrogens (tertiary/aromatic N) is 1. The molecule has 1 rings (SSSR count). The van der Waals surface area contributed by atoms with E-state index in [2.05, 4.69) is 22.9 Å². The van der Waals surface area contributed by atoms with Crippen LogP contribution in [-0.2, 0) is 4.79 Å². The van der Waals surface area contributed by atoms with Gasteiger partial charge in [0, 0.05) is 11.0 Å². The Kier molecular flexibility index (Phi) is 5.28. The fourth-order valence-corrected chi connectivity index (χ4v) is 2.01. The molecule has 0 aromatic heterocycles. The van der Waals surface area contributed by atoms with Crippen molar-refractivity contribution in [2.75, 3.05) is 23.7 Å². The maximum Gasteiger partial charge on any atom is 0.236 e. The molecule has 4 N–H and O–H groups in total. The molecule has 0 saturated carbocycles. The molecule has 0 unspecified atom stereocenters. The van der Waals surface area contributed by atoms with Gasteiger partial charge in [-0.05, 0) is 24.6 Å². The Bertz CT molecular complexity index is 395. The molecule has 0 aliphatic carbocycles. The number of carbonyl (C=O) groups is 1. The third kappa shape index (κ3) is 4.26. The van der Waals surface area contributed by atoms with Gasteiger partial charge in [0.05, 0.1) is 17.9 Å². The van der Waals surface area contributed by atoms with Crippen molar-refractivity contribution in [1.29, 1.82) is 0 Å². The smallest absolute Gasteiger partial charge is 0.236 e. The Labute approximate surface area is 110 Å². The second-order valence-corrected chi connectivity index (χ2v) is 4.86. The first-order valence-electron chi connectivity index (χ1n) is 5.63. The van der Waals surface area contributed by atoms with E-state index in [4.69, 9.17) is 11.5 Å². The van der Waals surface area contributed by atoms with E-state index in [1.807, 2.05) is 23.1 Å². The largest absolute Gasteiger partial charge is 0.397 e. The molecule has 0 bridgehead atoms. The lowest BCUT2D eigenvalue weighted by Gasteiger charge is -2.24. The van der Waals surface area contributed by atoms with Gasteiger partial charge >= 0.3 is 0 Å². The first-order valence-corrected chi connectivity index (χ1v) is 6.42. The lowest BCUT2D eigenvalue weighted by Crippen LogP contribution is -2.34. The second kappa shape index (κ2) is 6.49. The average molecular weight is 300 g/mol. The zero-order chi connectivity index (χ0) is 12.8. The molecule has 0 heterocycles. The molecule has 17 heavy (non-hydrogen) atoms. The molecular weight excluding hydrogens is 282 g/mol. The average Bonchev–Trinajstić information content (AvgIpc) is 2.24. The van der Waals surface area contributed by atoms with Gasteiger partial charge in [0.1, 0.15) is 0 Å². The van der Waals surface area contributed by atoms with Gasteiger partial charge < -0.3 is 16.4 Å². The quantitative estimate of drug-likeness (QED) is 0.790. The molecule has 5 heteroatoms. The van der Waals surface area contributed by atoms with Gasteiger partial charge in [-0.3, -0.25) is 4.79 Å². The third-order valence-corrected chi connectivity index (χ3v) is 2.95. The number of hydrogen-bond acceptors (Lipinski definition) is 3. The van der Waals surface area contributed by atoms with Crippen LogP contribution in [-0.4, -0.2) is 19.0 Å². The molecule has 0 atom stereocenters. The van der Waals surface area contributed by atoms with Gasteiger partial charge in [0.25, 0.3) is 0 Å². The number of halogens is 1. The van der Waals surface area contributed by atoms with E-state index < -0.39 is 0 Å². The molecule has 0 radical (unpaired) electrons. The molecule has 0 fully saturated rings. The van der Waals surface area contributed by atoms with Crippen LogP contribution in [0.2, 0.25) is 0 Å². The van der Waals surface area contributed by atoms with Crippen molar-refractivity contribution < 1.29 is 4.79 Å². The molecule has 0 spiro atoms. The summed E-state index contributed by atoms with van der Waals surface area (Å²) in [5.41, 5.74) is 12.7. The second-order valence-electron chi connectivity index (χ2n) is 3.94. The molecule has 1 aromatic carbocycles. The zero-order valence-corrected chi connectivity index (χ0v) is 11.5. The van der Waals surface area contributed by atoms with E-state index in [0.717, 1.165) is 29.5 Å². The third-order valence-electron chi connectivity index (χ3n) is 2.46. The SMILES string of the molecule is CCCCN(CC(N)=O)c1ccc(Br)cc1N. The van der Waals surface area contributed by atoms with E-state index in [0.29, 0.717) is 5.69 Å². The summed E-state index contributed by atoms with van der Waals surface area (Å²) in [6.45, 7) is 3.09. The molecule has 94 valence electrons. The maximum absolute atomic E-state index is 11.1. The number of benzene rings is 1. The highest BCUT2D eigenvalue weighted by atomic mass is 79.9. The van der Waals surface area contributed by atoms with Gasteiger partial charge in [0.15, 0.2) is 0 Å². The van der Waals surface area contributed by atoms with Crippen molar-refractivity contribution >= 4 is 33.2 Å². The summed E-state index contributed by atoms with van der Waals surface area (Å²) < 4.78 is 0.924. The normalized spacial score (nSPS) is 10.2. The summed E-state index contributed by atoms with van der Waals surface area (Å²) in [6.07, 6.45) is 2.06. The van der Waals surface area contributed by atoms with Gasteiger partial charge in [-0.1, -0.05) is 29.3 Å². The fourth-order valence-electron chi connectivity index (χ4n) is 1.64. The topological polar surface area (TPSA) is 72.3 Å². The van der Waals surface area contributed by atoms with Crippen LogP contribution in [0.15, 0.2) is 22.7 Å². The maximum atomic E-state index is 11.1. The number of rotatable bonds is 6. The Morgan fingerprint density at radius 1 is 1.47 bits per heavy atom. The minimum Gasteiger partial charge on any atom is -0.397 e. The summed E-state index contributed by atoms with van der Waals surface area (Å²) >= 11 is 3.36. The summed E-state index contributed by atoms with van der Waals surface area (Å²) in [5, 5.41) is 0. The fraction of sp³-hybridized carbons (Fsp3) is 0.417. The molecule has 0 saturated heterocycles. The number of nitrogens with two attached hydrogens (primary N) is 2. The van der Waals surface area contributed by atoms with Crippen molar-refractivity contribution in [3.8, 4) is 0 Å². The number of amides is 1. The van der Waals surface area contributed by atoms with Crippen LogP contribution in [0.3, 0.4) is 0 Å². The molecule has 4 nitrogen and oxygen atoms in total. The Morgan fingerprint density at radius 2 is 2.18 bits per heavy atom. The van der Waals surface area contributed by atoms with Gasteiger partial charge in [-0.2, -0.15) is 0 Å². The number of carbonyl (C=O) groups excluding carboxylic acids is 1. The minimum atomic E-state index is -0.344. The lowest BCUT2D eigenvalue weighted by atomic mass is 10.2. The number of primary amides is 1. The Balaban J connectivity index is 2.90. The van der Waals surface area contributed by atoms with Gasteiger partial charge in [0.2, 0.25) is 5.91 Å². The van der Waals surface area contributed by atoms with Crippen LogP contribution >= 0.6 is 15.9 Å². The summed E-state index contributed by atoms with van der Waals surface area (Å²) in [5.74, 6) is -0.344. The van der Waals surface area contributed by atoms with Crippen molar-refractivity contribution in [1.82, 2.24) is 0 Å². The van der Waals surface area contributed by atoms with Crippen molar-refractivity contribution in [2.24, 2.45) is 5.73 Å². The Morgan fingerprint density at radius 3 is 2.71 bits per heavy atom. The van der Waals surface area contributed by atoms with Gasteiger partial charge in [-0.15, -0.1) is 0 Å². The van der Waals surface area contributed by atoms with E-state index in [1.54, 1.807) is 0 Å². The van der Waals surface area contributed by atoms with Gasteiger partial charge in [-0.25, -0.2) is 0 Å². The van der Waals surface area contributed by atoms with Crippen molar-refractivity contribution in [3.05, 3.63) is 22.7 Å². The Hall–Kier alpha value is -1.23. The van der Waals surface area contributed by atoms with Crippen LogP contribution in [0.4, 0.5) is 11.4 Å². The van der Waals surface area contributed by atoms with Crippen LogP contribution in [0, 0.1) is 0 Å². The van der Waals surface area contributed by atoms with E-state index in [9.17, 15) is 4.79 Å². The van der Waals surface area contributed by atoms with Crippen molar-refractivity contribution in [3.63, 3.8) is 0 Å². The standard InChI is InChI=1S/C12H18BrN3O/c1-2-3-6-16(8-12(15)17)11-5-4-9(13)7-10(11)14/h4-5,7H,2-3,6,8,14H2,1H3,(H2,15,17). The first kappa shape index (κ1) is 13.8. The minimum absolute atomic E-state index is 0.200. The van der Waals surface area contributed by atoms with E-state index >= 15 is 0 Å². The van der Waals surface area contributed by atoms with Crippen LogP contribution < -0.4 is 16.4 Å². The number of anilines is 2. The first-order chi connectivity index (χ1) is 8.04. The number of hydrogen-bond donors (Lipinski definition) is 2. The molecule has 1 amide bonds. The number of unbranched alkanes of at least 4 members (excludes halogenated alkanes) is 1. The highest BCUT2D eigenvalue weighted by molar-refractivity contribution is 9.10. The lowest BCUT2D eigenvalue weighted by molar-refractivity contribution is -0.116. The van der Waals surface area contributed by atoms with Crippen LogP contribution in [0.25, 0.3) is 0 Å². The zero-order valence-electron chi connectivity index (χ0n) is 9.95. The van der Waals surface area contributed by atoms with Crippen LogP contribution in [0.5, 0.6) is 0 Å². The predicted molar refractivity (Wildman–Crippen MR) is 74.9 cm³/mol. The molecule has 0 aliphatic heterocycles. The summed E-state index contributed by atoms with van der Waals surface area (Å²) in [7, 11) is 0. The van der Waals surface area contributed by atoms with Crippen molar-refractivity contribution in [2.45, 2.75) is 19.8 Å². The molecule has 1 aromatic rings. The highest BCUT2D eigenvalue weighted by Gasteiger charge is 2.11. The predicted octanol–water partition coefficient (Wildman–Crippen LogP) is 2.12. The molecule has 0 aliphatic rings. The van der Waals surface area contributed by atoms with E-state index in [-0.39, 0.29) is 12.5 Å². The summed E-state index contributed by atoms with van der Waals surface area (Å²) in [6, 6.07) is 5.64. The van der Waals surface area contributed by atoms with E-state index in [1.165, 1.54) is 0 Å². The molecular formula is C12H18BrN3O. The number of nitrogen functional groups attached to an aromatic ring is 1. The summed E-state index contributed by atoms with van der Waals surface area (Å²) in [4.78, 5) is 13.0. The monoisotopic (exact) mass is 299 g/mol. The highest BCUT2D eigenvalue weighted by Crippen LogP contribution is 2.26. The van der Waals surface area contributed by atoms with Crippen LogP contribution in [0.1, 0.15) is 19.8 Å².